The molecule has 212 valence electrons. The van der Waals surface area contributed by atoms with Gasteiger partial charge in [-0.3, -0.25) is 14.4 Å². The van der Waals surface area contributed by atoms with E-state index in [1.54, 1.807) is 48.5 Å². The van der Waals surface area contributed by atoms with E-state index >= 15 is 0 Å². The number of para-hydroxylation sites is 2. The molecule has 41 heavy (non-hydrogen) atoms. The molecular weight excluding hydrogens is 596 g/mol. The number of hydrogen-bond acceptors (Lipinski definition) is 7. The zero-order valence-corrected chi connectivity index (χ0v) is 24.0. The average molecular weight is 623 g/mol. The van der Waals surface area contributed by atoms with Crippen molar-refractivity contribution in [2.24, 2.45) is 0 Å². The van der Waals surface area contributed by atoms with Gasteiger partial charge in [0.2, 0.25) is 5.91 Å². The molecule has 0 spiro atoms. The number of amides is 5. The predicted molar refractivity (Wildman–Crippen MR) is 156 cm³/mol. The van der Waals surface area contributed by atoms with Crippen LogP contribution < -0.4 is 30.2 Å². The average Bonchev–Trinajstić information content (AvgIpc) is 3.21. The van der Waals surface area contributed by atoms with Crippen LogP contribution in [0.3, 0.4) is 0 Å². The maximum absolute atomic E-state index is 13.0. The fourth-order valence-electron chi connectivity index (χ4n) is 3.86. The summed E-state index contributed by atoms with van der Waals surface area (Å²) in [5, 5.41) is 7.88. The molecule has 12 heteroatoms. The first-order valence-corrected chi connectivity index (χ1v) is 13.1. The van der Waals surface area contributed by atoms with Crippen molar-refractivity contribution in [1.82, 2.24) is 10.2 Å². The first kappa shape index (κ1) is 29.2. The second-order valence-corrected chi connectivity index (χ2v) is 9.71. The zero-order valence-electron chi connectivity index (χ0n) is 22.4. The van der Waals surface area contributed by atoms with Crippen LogP contribution in [-0.2, 0) is 14.4 Å². The summed E-state index contributed by atoms with van der Waals surface area (Å²) < 4.78 is 16.8. The SMILES string of the molecule is COc1ccccc1NC(=O)CN1C(=O)N/C(=C/c2cc(OC)c(OCC(=O)Nc3ccc(C)cc3)cc2Br)C1=O. The highest BCUT2D eigenvalue weighted by atomic mass is 79.9. The fraction of sp³-hybridized carbons (Fsp3) is 0.172. The van der Waals surface area contributed by atoms with Crippen LogP contribution in [0.25, 0.3) is 6.08 Å². The Bertz CT molecular complexity index is 1520. The third-order valence-corrected chi connectivity index (χ3v) is 6.61. The van der Waals surface area contributed by atoms with E-state index in [0.717, 1.165) is 10.5 Å². The van der Waals surface area contributed by atoms with E-state index in [9.17, 15) is 19.2 Å². The lowest BCUT2D eigenvalue weighted by Gasteiger charge is -2.14. The summed E-state index contributed by atoms with van der Waals surface area (Å²) in [6.45, 7) is 1.19. The van der Waals surface area contributed by atoms with Crippen LogP contribution in [-0.4, -0.2) is 56.0 Å². The topological polar surface area (TPSA) is 135 Å². The molecule has 3 N–H and O–H groups in total. The fourth-order valence-corrected chi connectivity index (χ4v) is 4.30. The maximum atomic E-state index is 13.0. The molecule has 0 aromatic heterocycles. The van der Waals surface area contributed by atoms with Gasteiger partial charge in [0.25, 0.3) is 11.8 Å². The molecule has 0 bridgehead atoms. The quantitative estimate of drug-likeness (QED) is 0.226. The van der Waals surface area contributed by atoms with Crippen molar-refractivity contribution in [3.05, 3.63) is 82.0 Å². The Morgan fingerprint density at radius 3 is 2.34 bits per heavy atom. The minimum atomic E-state index is -0.737. The minimum Gasteiger partial charge on any atom is -0.495 e. The highest BCUT2D eigenvalue weighted by Gasteiger charge is 2.35. The van der Waals surface area contributed by atoms with E-state index in [0.29, 0.717) is 32.9 Å². The van der Waals surface area contributed by atoms with Gasteiger partial charge in [-0.2, -0.15) is 0 Å². The van der Waals surface area contributed by atoms with Crippen molar-refractivity contribution in [2.45, 2.75) is 6.92 Å². The molecule has 1 saturated heterocycles. The van der Waals surface area contributed by atoms with Crippen molar-refractivity contribution in [1.29, 1.82) is 0 Å². The number of aryl methyl sites for hydroxylation is 1. The molecule has 1 aliphatic heterocycles. The molecule has 0 atom stereocenters. The molecule has 1 fully saturated rings. The molecule has 1 aliphatic rings. The van der Waals surface area contributed by atoms with Gasteiger partial charge >= 0.3 is 6.03 Å². The predicted octanol–water partition coefficient (Wildman–Crippen LogP) is 4.32. The van der Waals surface area contributed by atoms with Crippen LogP contribution >= 0.6 is 15.9 Å². The van der Waals surface area contributed by atoms with Gasteiger partial charge < -0.3 is 30.2 Å². The van der Waals surface area contributed by atoms with Crippen LogP contribution in [0.15, 0.2) is 70.8 Å². The number of methoxy groups -OCH3 is 2. The molecule has 5 amide bonds. The van der Waals surface area contributed by atoms with Crippen molar-refractivity contribution >= 4 is 57.1 Å². The smallest absolute Gasteiger partial charge is 0.329 e. The van der Waals surface area contributed by atoms with Crippen molar-refractivity contribution in [3.8, 4) is 17.2 Å². The molecule has 11 nitrogen and oxygen atoms in total. The number of benzene rings is 3. The molecule has 0 saturated carbocycles. The lowest BCUT2D eigenvalue weighted by atomic mass is 10.1. The van der Waals surface area contributed by atoms with Crippen LogP contribution in [0.2, 0.25) is 0 Å². The maximum Gasteiger partial charge on any atom is 0.329 e. The molecular formula is C29H27BrN4O7. The lowest BCUT2D eigenvalue weighted by Crippen LogP contribution is -2.38. The molecule has 4 rings (SSSR count). The van der Waals surface area contributed by atoms with Gasteiger partial charge in [0.05, 0.1) is 19.9 Å². The number of carbonyl (C=O) groups excluding carboxylic acids is 4. The first-order chi connectivity index (χ1) is 19.7. The zero-order chi connectivity index (χ0) is 29.5. The Balaban J connectivity index is 1.42. The summed E-state index contributed by atoms with van der Waals surface area (Å²) in [4.78, 5) is 51.2. The Morgan fingerprint density at radius 2 is 1.63 bits per heavy atom. The van der Waals surface area contributed by atoms with Crippen molar-refractivity contribution in [3.63, 3.8) is 0 Å². The first-order valence-electron chi connectivity index (χ1n) is 12.3. The second-order valence-electron chi connectivity index (χ2n) is 8.86. The molecule has 0 unspecified atom stereocenters. The highest BCUT2D eigenvalue weighted by molar-refractivity contribution is 9.10. The van der Waals surface area contributed by atoms with Gasteiger partial charge in [-0.25, -0.2) is 9.69 Å². The van der Waals surface area contributed by atoms with Crippen LogP contribution in [0.1, 0.15) is 11.1 Å². The summed E-state index contributed by atoms with van der Waals surface area (Å²) in [7, 11) is 2.90. The molecule has 1 heterocycles. The number of hydrogen-bond donors (Lipinski definition) is 3. The van der Waals surface area contributed by atoms with E-state index < -0.39 is 24.4 Å². The largest absolute Gasteiger partial charge is 0.495 e. The van der Waals surface area contributed by atoms with Crippen LogP contribution in [0, 0.1) is 6.92 Å². The number of halogens is 1. The number of nitrogens with zero attached hydrogens (tertiary/aromatic N) is 1. The van der Waals surface area contributed by atoms with E-state index in [4.69, 9.17) is 14.2 Å². The Hall–Kier alpha value is -4.84. The summed E-state index contributed by atoms with van der Waals surface area (Å²) in [6, 6.07) is 16.6. The second kappa shape index (κ2) is 13.0. The summed E-state index contributed by atoms with van der Waals surface area (Å²) in [5.74, 6) is -0.576. The number of rotatable bonds is 10. The van der Waals surface area contributed by atoms with E-state index in [2.05, 4.69) is 31.9 Å². The van der Waals surface area contributed by atoms with Gasteiger partial charge in [0, 0.05) is 10.2 Å². The van der Waals surface area contributed by atoms with E-state index in [1.807, 2.05) is 19.1 Å². The van der Waals surface area contributed by atoms with Crippen molar-refractivity contribution < 1.29 is 33.4 Å². The number of anilines is 2. The highest BCUT2D eigenvalue weighted by Crippen LogP contribution is 2.35. The van der Waals surface area contributed by atoms with Gasteiger partial charge in [-0.1, -0.05) is 45.8 Å². The molecule has 3 aromatic rings. The Morgan fingerprint density at radius 1 is 0.927 bits per heavy atom. The van der Waals surface area contributed by atoms with Crippen LogP contribution in [0.5, 0.6) is 17.2 Å². The minimum absolute atomic E-state index is 0.0333. The Kier molecular flexibility index (Phi) is 9.25. The number of imide groups is 1. The number of urea groups is 1. The summed E-state index contributed by atoms with van der Waals surface area (Å²) in [6.07, 6.45) is 1.44. The van der Waals surface area contributed by atoms with Gasteiger partial charge in [0.1, 0.15) is 18.0 Å². The third kappa shape index (κ3) is 7.22. The van der Waals surface area contributed by atoms with E-state index in [1.165, 1.54) is 20.3 Å². The van der Waals surface area contributed by atoms with Gasteiger partial charge in [-0.15, -0.1) is 0 Å². The standard InChI is InChI=1S/C29H27BrN4O7/c1-17-8-10-19(11-9-17)31-27(36)16-41-25-14-20(30)18(13-24(25)40-3)12-22-28(37)34(29(38)33-22)15-26(35)32-21-6-4-5-7-23(21)39-2/h4-14H,15-16H2,1-3H3,(H,31,36)(H,32,35)(H,33,38)/b22-12+. The normalized spacial score (nSPS) is 13.6. The molecule has 3 aromatic carbocycles. The lowest BCUT2D eigenvalue weighted by molar-refractivity contribution is -0.127. The molecule has 0 aliphatic carbocycles. The number of nitrogens with one attached hydrogen (secondary N) is 3. The number of ether oxygens (including phenoxy) is 3. The number of carbonyl (C=O) groups is 4. The van der Waals surface area contributed by atoms with Gasteiger partial charge in [0.15, 0.2) is 18.1 Å². The molecule has 0 radical (unpaired) electrons. The third-order valence-electron chi connectivity index (χ3n) is 5.92. The summed E-state index contributed by atoms with van der Waals surface area (Å²) in [5.41, 5.74) is 2.59. The Labute approximate surface area is 244 Å². The monoisotopic (exact) mass is 622 g/mol. The summed E-state index contributed by atoms with van der Waals surface area (Å²) >= 11 is 3.43. The van der Waals surface area contributed by atoms with Gasteiger partial charge in [-0.05, 0) is 55.0 Å². The van der Waals surface area contributed by atoms with Crippen LogP contribution in [0.4, 0.5) is 16.2 Å². The van der Waals surface area contributed by atoms with Crippen molar-refractivity contribution in [2.75, 3.05) is 38.0 Å². The van der Waals surface area contributed by atoms with E-state index in [-0.39, 0.29) is 24.0 Å².